The molecule has 0 amide bonds. The van der Waals surface area contributed by atoms with Crippen LogP contribution in [0.3, 0.4) is 0 Å². The summed E-state index contributed by atoms with van der Waals surface area (Å²) in [6.45, 7) is 4.03. The molecule has 4 nitrogen and oxygen atoms in total. The van der Waals surface area contributed by atoms with E-state index in [4.69, 9.17) is 0 Å². The molecule has 4 heteroatoms. The van der Waals surface area contributed by atoms with Gasteiger partial charge in [-0.2, -0.15) is 0 Å². The van der Waals surface area contributed by atoms with Crippen molar-refractivity contribution in [2.24, 2.45) is 34.5 Å². The van der Waals surface area contributed by atoms with Crippen molar-refractivity contribution in [3.05, 3.63) is 11.6 Å². The smallest absolute Gasteiger partial charge is 0.161 e. The molecule has 2 N–H and O–H groups in total. The normalized spacial score (nSPS) is 49.0. The quantitative estimate of drug-likeness (QED) is 0.806. The molecule has 1 unspecified atom stereocenters. The number of carbonyl (C=O) groups excluding carboxylic acids is 2. The van der Waals surface area contributed by atoms with Crippen molar-refractivity contribution in [3.63, 3.8) is 0 Å². The van der Waals surface area contributed by atoms with E-state index >= 15 is 0 Å². The van der Waals surface area contributed by atoms with Crippen molar-refractivity contribution in [1.82, 2.24) is 0 Å². The number of fused-ring (bicyclic) bond motifs is 5. The number of rotatable bonds is 2. The Kier molecular flexibility index (Phi) is 4.01. The van der Waals surface area contributed by atoms with Gasteiger partial charge in [-0.25, -0.2) is 0 Å². The fourth-order valence-electron chi connectivity index (χ4n) is 7.33. The Morgan fingerprint density at radius 1 is 1.24 bits per heavy atom. The second-order valence-corrected chi connectivity index (χ2v) is 9.42. The minimum absolute atomic E-state index is 0.0541. The lowest BCUT2D eigenvalue weighted by atomic mass is 9.46. The Morgan fingerprint density at radius 2 is 2.00 bits per heavy atom. The van der Waals surface area contributed by atoms with E-state index in [1.54, 1.807) is 0 Å². The number of hydrogen-bond donors (Lipinski definition) is 2. The van der Waals surface area contributed by atoms with Crippen molar-refractivity contribution < 1.29 is 19.8 Å². The first-order chi connectivity index (χ1) is 11.8. The first-order valence-electron chi connectivity index (χ1n) is 9.87. The number of Topliss-reactive ketones (excluding diaryl/α,β-unsaturated/α-hetero) is 1. The molecule has 25 heavy (non-hydrogen) atoms. The van der Waals surface area contributed by atoms with Gasteiger partial charge in [0.25, 0.3) is 0 Å². The zero-order valence-corrected chi connectivity index (χ0v) is 15.3. The van der Waals surface area contributed by atoms with Gasteiger partial charge in [-0.3, -0.25) is 9.59 Å². The van der Waals surface area contributed by atoms with Crippen LogP contribution in [-0.4, -0.2) is 34.5 Å². The van der Waals surface area contributed by atoms with Crippen LogP contribution >= 0.6 is 0 Å². The molecular weight excluding hydrogens is 316 g/mol. The number of ketones is 2. The van der Waals surface area contributed by atoms with Crippen molar-refractivity contribution >= 4 is 11.6 Å². The maximum Gasteiger partial charge on any atom is 0.161 e. The van der Waals surface area contributed by atoms with Crippen LogP contribution in [0.25, 0.3) is 0 Å². The Labute approximate surface area is 149 Å². The van der Waals surface area contributed by atoms with E-state index < -0.39 is 6.10 Å². The summed E-state index contributed by atoms with van der Waals surface area (Å²) in [4.78, 5) is 24.2. The largest absolute Gasteiger partial charge is 0.393 e. The molecule has 3 fully saturated rings. The number of hydrogen-bond acceptors (Lipinski definition) is 4. The molecule has 138 valence electrons. The number of allylic oxidation sites excluding steroid dienone is 1. The molecule has 0 saturated heterocycles. The van der Waals surface area contributed by atoms with Gasteiger partial charge >= 0.3 is 0 Å². The third kappa shape index (κ3) is 2.33. The average Bonchev–Trinajstić information content (AvgIpc) is 2.91. The molecule has 4 aliphatic rings. The van der Waals surface area contributed by atoms with Crippen LogP contribution in [0.15, 0.2) is 11.6 Å². The van der Waals surface area contributed by atoms with Crippen molar-refractivity contribution in [3.8, 4) is 0 Å². The van der Waals surface area contributed by atoms with Gasteiger partial charge in [0.1, 0.15) is 6.61 Å². The fraction of sp³-hybridized carbons (Fsp3) is 0.810. The second-order valence-electron chi connectivity index (χ2n) is 9.42. The lowest BCUT2D eigenvalue weighted by molar-refractivity contribution is -0.146. The molecule has 0 aromatic rings. The van der Waals surface area contributed by atoms with E-state index in [0.717, 1.165) is 32.1 Å². The minimum Gasteiger partial charge on any atom is -0.393 e. The standard InChI is InChI=1S/C21H30O4/c1-20-8-7-13(23)9-12(20)3-4-14-15-5-6-16(18(25)11-22)21(15,2)10-17(24)19(14)20/h9,14-17,19,22,24H,3-8,10-11H2,1-2H3/t14-,15-,16?,17-,19+,20-,21+/m0/s1. The highest BCUT2D eigenvalue weighted by molar-refractivity contribution is 5.91. The topological polar surface area (TPSA) is 74.6 Å². The lowest BCUT2D eigenvalue weighted by Crippen LogP contribution is -2.57. The van der Waals surface area contributed by atoms with E-state index in [0.29, 0.717) is 24.7 Å². The van der Waals surface area contributed by atoms with Gasteiger partial charge in [0.05, 0.1) is 6.10 Å². The Morgan fingerprint density at radius 3 is 2.72 bits per heavy atom. The van der Waals surface area contributed by atoms with Crippen LogP contribution in [-0.2, 0) is 9.59 Å². The average molecular weight is 346 g/mol. The highest BCUT2D eigenvalue weighted by Gasteiger charge is 2.62. The summed E-state index contributed by atoms with van der Waals surface area (Å²) >= 11 is 0. The summed E-state index contributed by atoms with van der Waals surface area (Å²) in [6.07, 6.45) is 7.32. The zero-order valence-electron chi connectivity index (χ0n) is 15.3. The Hall–Kier alpha value is -1.00. The molecule has 3 saturated carbocycles. The summed E-state index contributed by atoms with van der Waals surface area (Å²) in [7, 11) is 0. The van der Waals surface area contributed by atoms with Crippen molar-refractivity contribution in [2.45, 2.75) is 64.9 Å². The summed E-state index contributed by atoms with van der Waals surface area (Å²) in [5, 5.41) is 20.5. The van der Waals surface area contributed by atoms with Crippen LogP contribution < -0.4 is 0 Å². The van der Waals surface area contributed by atoms with Crippen LogP contribution in [0, 0.1) is 34.5 Å². The highest BCUT2D eigenvalue weighted by atomic mass is 16.3. The molecule has 7 atom stereocenters. The Balaban J connectivity index is 1.70. The third-order valence-corrected chi connectivity index (χ3v) is 8.44. The number of aliphatic hydroxyl groups is 2. The molecule has 0 heterocycles. The predicted molar refractivity (Wildman–Crippen MR) is 93.7 cm³/mol. The maximum absolute atomic E-state index is 12.3. The summed E-state index contributed by atoms with van der Waals surface area (Å²) in [5.41, 5.74) is 0.979. The Bertz CT molecular complexity index is 638. The van der Waals surface area contributed by atoms with E-state index in [9.17, 15) is 19.8 Å². The zero-order chi connectivity index (χ0) is 18.0. The molecule has 0 aromatic carbocycles. The van der Waals surface area contributed by atoms with Crippen LogP contribution in [0.4, 0.5) is 0 Å². The van der Waals surface area contributed by atoms with E-state index in [-0.39, 0.29) is 40.8 Å². The molecule has 0 aromatic heterocycles. The van der Waals surface area contributed by atoms with Gasteiger partial charge in [0, 0.05) is 12.3 Å². The summed E-state index contributed by atoms with van der Waals surface area (Å²) < 4.78 is 0. The van der Waals surface area contributed by atoms with E-state index in [1.165, 1.54) is 5.57 Å². The lowest BCUT2D eigenvalue weighted by Gasteiger charge is -2.59. The first kappa shape index (κ1) is 17.4. The van der Waals surface area contributed by atoms with Gasteiger partial charge in [-0.15, -0.1) is 0 Å². The summed E-state index contributed by atoms with van der Waals surface area (Å²) in [5.74, 6) is 1.12. The van der Waals surface area contributed by atoms with Gasteiger partial charge < -0.3 is 10.2 Å². The molecule has 0 bridgehead atoms. The van der Waals surface area contributed by atoms with Gasteiger partial charge in [-0.05, 0) is 73.2 Å². The number of aliphatic hydroxyl groups excluding tert-OH is 2. The van der Waals surface area contributed by atoms with Gasteiger partial charge in [0.15, 0.2) is 11.6 Å². The highest BCUT2D eigenvalue weighted by Crippen LogP contribution is 2.66. The molecular formula is C21H30O4. The molecule has 4 aliphatic carbocycles. The van der Waals surface area contributed by atoms with Gasteiger partial charge in [-0.1, -0.05) is 19.4 Å². The van der Waals surface area contributed by atoms with E-state index in [1.807, 2.05) is 6.08 Å². The number of carbonyl (C=O) groups is 2. The fourth-order valence-corrected chi connectivity index (χ4v) is 7.33. The van der Waals surface area contributed by atoms with E-state index in [2.05, 4.69) is 13.8 Å². The van der Waals surface area contributed by atoms with Crippen LogP contribution in [0.2, 0.25) is 0 Å². The molecule has 4 rings (SSSR count). The second kappa shape index (κ2) is 5.75. The summed E-state index contributed by atoms with van der Waals surface area (Å²) in [6, 6.07) is 0. The predicted octanol–water partition coefficient (Wildman–Crippen LogP) is 2.67. The minimum atomic E-state index is -0.430. The van der Waals surface area contributed by atoms with Crippen molar-refractivity contribution in [1.29, 1.82) is 0 Å². The van der Waals surface area contributed by atoms with Crippen LogP contribution in [0.5, 0.6) is 0 Å². The van der Waals surface area contributed by atoms with Crippen LogP contribution in [0.1, 0.15) is 58.8 Å². The molecule has 0 spiro atoms. The first-order valence-corrected chi connectivity index (χ1v) is 9.87. The SMILES string of the molecule is C[C@]12CCC(=O)C=C1CC[C@@H]1[C@@H]2[C@@H](O)C[C@@]2(C)C(C(=O)CO)CC[C@@H]12. The van der Waals surface area contributed by atoms with Gasteiger partial charge in [0.2, 0.25) is 0 Å². The van der Waals surface area contributed by atoms with Crippen molar-refractivity contribution in [2.75, 3.05) is 6.61 Å². The third-order valence-electron chi connectivity index (χ3n) is 8.44. The maximum atomic E-state index is 12.3. The molecule has 0 aliphatic heterocycles. The monoisotopic (exact) mass is 346 g/mol. The molecule has 0 radical (unpaired) electrons.